The van der Waals surface area contributed by atoms with E-state index in [9.17, 15) is 9.90 Å². The number of hydrogen-bond donors (Lipinski definition) is 2. The summed E-state index contributed by atoms with van der Waals surface area (Å²) in [5, 5.41) is 18.4. The maximum atomic E-state index is 13.3. The zero-order valence-electron chi connectivity index (χ0n) is 16.0. The zero-order chi connectivity index (χ0) is 19.3. The van der Waals surface area contributed by atoms with Gasteiger partial charge in [0.05, 0.1) is 11.2 Å². The number of H-pyrrole nitrogens is 1. The van der Waals surface area contributed by atoms with E-state index in [0.29, 0.717) is 13.1 Å². The van der Waals surface area contributed by atoms with Crippen molar-refractivity contribution in [1.29, 1.82) is 0 Å². The Kier molecular flexibility index (Phi) is 4.09. The summed E-state index contributed by atoms with van der Waals surface area (Å²) in [5.74, 6) is 0.277. The van der Waals surface area contributed by atoms with Gasteiger partial charge in [-0.15, -0.1) is 0 Å². The standard InChI is InChI=1S/C22H24N4O2/c1-14-8-20-19(21(24-23-20)13-25-6-2-3-7-25)10-18(14)22(28)26-11-15-4-5-17(27)9-16(15)12-26/h4-5,8-10,27H,2-3,6-7,11-13H2,1H3,(H,23,24). The predicted octanol–water partition coefficient (Wildman–Crippen LogP) is 3.33. The fourth-order valence-corrected chi connectivity index (χ4v) is 4.42. The average molecular weight is 376 g/mol. The highest BCUT2D eigenvalue weighted by Crippen LogP contribution is 2.29. The maximum absolute atomic E-state index is 13.3. The van der Waals surface area contributed by atoms with Gasteiger partial charge in [-0.3, -0.25) is 14.8 Å². The van der Waals surface area contributed by atoms with Crippen LogP contribution in [0.2, 0.25) is 0 Å². The van der Waals surface area contributed by atoms with Gasteiger partial charge < -0.3 is 10.0 Å². The van der Waals surface area contributed by atoms with Crippen molar-refractivity contribution in [3.05, 3.63) is 58.3 Å². The number of nitrogens with zero attached hydrogens (tertiary/aromatic N) is 3. The number of rotatable bonds is 3. The molecule has 144 valence electrons. The van der Waals surface area contributed by atoms with E-state index in [1.54, 1.807) is 12.1 Å². The summed E-state index contributed by atoms with van der Waals surface area (Å²) >= 11 is 0. The van der Waals surface area contributed by atoms with Crippen LogP contribution in [-0.4, -0.2) is 44.1 Å². The molecule has 3 aromatic rings. The van der Waals surface area contributed by atoms with Crippen LogP contribution in [0, 0.1) is 6.92 Å². The quantitative estimate of drug-likeness (QED) is 0.735. The number of phenols is 1. The molecule has 3 heterocycles. The first-order valence-electron chi connectivity index (χ1n) is 9.88. The molecule has 0 spiro atoms. The maximum Gasteiger partial charge on any atom is 0.254 e. The first kappa shape index (κ1) is 17.3. The van der Waals surface area contributed by atoms with E-state index in [1.807, 2.05) is 30.0 Å². The minimum atomic E-state index is 0.0309. The summed E-state index contributed by atoms with van der Waals surface area (Å²) in [6.45, 7) is 6.18. The third kappa shape index (κ3) is 2.94. The Morgan fingerprint density at radius 3 is 2.75 bits per heavy atom. The number of aryl methyl sites for hydroxylation is 1. The predicted molar refractivity (Wildman–Crippen MR) is 107 cm³/mol. The Balaban J connectivity index is 1.45. The fraction of sp³-hybridized carbons (Fsp3) is 0.364. The second-order valence-electron chi connectivity index (χ2n) is 7.98. The number of aromatic hydroxyl groups is 1. The number of benzene rings is 2. The van der Waals surface area contributed by atoms with Crippen molar-refractivity contribution in [3.8, 4) is 5.75 Å². The van der Waals surface area contributed by atoms with Gasteiger partial charge in [-0.1, -0.05) is 6.07 Å². The molecule has 1 amide bonds. The Morgan fingerprint density at radius 2 is 1.93 bits per heavy atom. The third-order valence-electron chi connectivity index (χ3n) is 5.99. The molecule has 5 rings (SSSR count). The molecule has 6 heteroatoms. The van der Waals surface area contributed by atoms with Gasteiger partial charge in [0.2, 0.25) is 0 Å². The molecule has 28 heavy (non-hydrogen) atoms. The molecule has 1 fully saturated rings. The fourth-order valence-electron chi connectivity index (χ4n) is 4.42. The number of carbonyl (C=O) groups excluding carboxylic acids is 1. The van der Waals surface area contributed by atoms with E-state index in [0.717, 1.165) is 58.5 Å². The Morgan fingerprint density at radius 1 is 1.14 bits per heavy atom. The smallest absolute Gasteiger partial charge is 0.254 e. The molecule has 2 aromatic carbocycles. The van der Waals surface area contributed by atoms with Crippen LogP contribution < -0.4 is 0 Å². The lowest BCUT2D eigenvalue weighted by atomic mass is 10.0. The molecule has 2 aliphatic heterocycles. The summed E-state index contributed by atoms with van der Waals surface area (Å²) in [5.41, 5.74) is 5.79. The highest BCUT2D eigenvalue weighted by molar-refractivity contribution is 6.00. The minimum absolute atomic E-state index is 0.0309. The van der Waals surface area contributed by atoms with E-state index in [4.69, 9.17) is 0 Å². The van der Waals surface area contributed by atoms with Crippen molar-refractivity contribution < 1.29 is 9.90 Å². The molecule has 0 aliphatic carbocycles. The van der Waals surface area contributed by atoms with Crippen LogP contribution in [-0.2, 0) is 19.6 Å². The van der Waals surface area contributed by atoms with Gasteiger partial charge in [0.25, 0.3) is 5.91 Å². The lowest BCUT2D eigenvalue weighted by molar-refractivity contribution is 0.0751. The van der Waals surface area contributed by atoms with E-state index in [2.05, 4.69) is 15.1 Å². The van der Waals surface area contributed by atoms with Crippen molar-refractivity contribution in [1.82, 2.24) is 20.0 Å². The number of aromatic amines is 1. The highest BCUT2D eigenvalue weighted by Gasteiger charge is 2.26. The lowest BCUT2D eigenvalue weighted by Crippen LogP contribution is -2.26. The van der Waals surface area contributed by atoms with Crippen LogP contribution in [0.25, 0.3) is 10.9 Å². The van der Waals surface area contributed by atoms with Gasteiger partial charge >= 0.3 is 0 Å². The zero-order valence-corrected chi connectivity index (χ0v) is 16.0. The van der Waals surface area contributed by atoms with E-state index < -0.39 is 0 Å². The van der Waals surface area contributed by atoms with Crippen molar-refractivity contribution in [2.45, 2.75) is 39.4 Å². The SMILES string of the molecule is Cc1cc2n[nH]c(CN3CCCC3)c2cc1C(=O)N1Cc2ccc(O)cc2C1. The first-order valence-corrected chi connectivity index (χ1v) is 9.88. The summed E-state index contributed by atoms with van der Waals surface area (Å²) in [7, 11) is 0. The number of hydrogen-bond acceptors (Lipinski definition) is 4. The Bertz CT molecular complexity index is 1070. The van der Waals surface area contributed by atoms with Gasteiger partial charge in [0, 0.05) is 30.6 Å². The van der Waals surface area contributed by atoms with Crippen LogP contribution in [0.3, 0.4) is 0 Å². The summed E-state index contributed by atoms with van der Waals surface area (Å²) in [4.78, 5) is 17.5. The highest BCUT2D eigenvalue weighted by atomic mass is 16.3. The number of carbonyl (C=O) groups is 1. The topological polar surface area (TPSA) is 72.5 Å². The summed E-state index contributed by atoms with van der Waals surface area (Å²) < 4.78 is 0. The molecule has 0 radical (unpaired) electrons. The van der Waals surface area contributed by atoms with Crippen molar-refractivity contribution in [3.63, 3.8) is 0 Å². The number of phenolic OH excluding ortho intramolecular Hbond substituents is 1. The van der Waals surface area contributed by atoms with Gasteiger partial charge in [-0.2, -0.15) is 5.10 Å². The summed E-state index contributed by atoms with van der Waals surface area (Å²) in [6.07, 6.45) is 2.50. The van der Waals surface area contributed by atoms with Gasteiger partial charge in [0.15, 0.2) is 0 Å². The molecule has 0 saturated carbocycles. The van der Waals surface area contributed by atoms with Crippen molar-refractivity contribution in [2.75, 3.05) is 13.1 Å². The molecule has 0 atom stereocenters. The lowest BCUT2D eigenvalue weighted by Gasteiger charge is -2.17. The minimum Gasteiger partial charge on any atom is -0.508 e. The average Bonchev–Trinajstić information content (AvgIpc) is 3.41. The number of fused-ring (bicyclic) bond motifs is 2. The monoisotopic (exact) mass is 376 g/mol. The molecule has 0 bridgehead atoms. The van der Waals surface area contributed by atoms with E-state index >= 15 is 0 Å². The normalized spacial score (nSPS) is 16.8. The largest absolute Gasteiger partial charge is 0.508 e. The molecule has 6 nitrogen and oxygen atoms in total. The molecular weight excluding hydrogens is 352 g/mol. The number of likely N-dealkylation sites (tertiary alicyclic amines) is 1. The number of aromatic nitrogens is 2. The molecule has 2 N–H and O–H groups in total. The third-order valence-corrected chi connectivity index (χ3v) is 5.99. The van der Waals surface area contributed by atoms with E-state index in [1.165, 1.54) is 12.8 Å². The Labute approximate surface area is 163 Å². The van der Waals surface area contributed by atoms with E-state index in [-0.39, 0.29) is 11.7 Å². The Hall–Kier alpha value is -2.86. The molecular formula is C22H24N4O2. The molecule has 1 saturated heterocycles. The second kappa shape index (κ2) is 6.63. The number of amides is 1. The van der Waals surface area contributed by atoms with Crippen LogP contribution in [0.5, 0.6) is 5.75 Å². The van der Waals surface area contributed by atoms with Crippen LogP contribution >= 0.6 is 0 Å². The van der Waals surface area contributed by atoms with Gasteiger partial charge in [0.1, 0.15) is 5.75 Å². The van der Waals surface area contributed by atoms with Crippen LogP contribution in [0.4, 0.5) is 0 Å². The molecule has 2 aliphatic rings. The van der Waals surface area contributed by atoms with Crippen molar-refractivity contribution in [2.24, 2.45) is 0 Å². The van der Waals surface area contributed by atoms with Gasteiger partial charge in [-0.05, 0) is 73.8 Å². The molecule has 0 unspecified atom stereocenters. The number of nitrogens with one attached hydrogen (secondary N) is 1. The van der Waals surface area contributed by atoms with Crippen LogP contribution in [0.15, 0.2) is 30.3 Å². The molecule has 1 aromatic heterocycles. The second-order valence-corrected chi connectivity index (χ2v) is 7.98. The first-order chi connectivity index (χ1) is 13.6. The van der Waals surface area contributed by atoms with Crippen molar-refractivity contribution >= 4 is 16.8 Å². The van der Waals surface area contributed by atoms with Gasteiger partial charge in [-0.25, -0.2) is 0 Å². The summed E-state index contributed by atoms with van der Waals surface area (Å²) in [6, 6.07) is 9.34. The van der Waals surface area contributed by atoms with Crippen LogP contribution in [0.1, 0.15) is 45.6 Å².